The summed E-state index contributed by atoms with van der Waals surface area (Å²) in [6, 6.07) is 7.48. The number of hydrogen-bond acceptors (Lipinski definition) is 4. The lowest BCUT2D eigenvalue weighted by molar-refractivity contribution is -0.117. The molecule has 1 saturated heterocycles. The Morgan fingerprint density at radius 2 is 2.35 bits per heavy atom. The van der Waals surface area contributed by atoms with Crippen molar-refractivity contribution in [2.45, 2.75) is 18.9 Å². The lowest BCUT2D eigenvalue weighted by Crippen LogP contribution is -2.35. The molecule has 106 valence electrons. The van der Waals surface area contributed by atoms with Crippen molar-refractivity contribution in [3.8, 4) is 11.3 Å². The fraction of sp³-hybridized carbons (Fsp3) is 0.286. The first-order chi connectivity index (χ1) is 9.33. The molecule has 2 heterocycles. The molecule has 20 heavy (non-hydrogen) atoms. The topological polar surface area (TPSA) is 67.2 Å². The molecule has 5 nitrogen and oxygen atoms in total. The summed E-state index contributed by atoms with van der Waals surface area (Å²) in [5, 5.41) is 6.10. The number of rotatable bonds is 3. The van der Waals surface area contributed by atoms with E-state index in [2.05, 4.69) is 15.6 Å². The molecule has 0 radical (unpaired) electrons. The standard InChI is InChI=1S/C14H15N3O2.ClH/c18-14(12-5-2-6-16-12)17-11-4-1-3-10(7-11)13-8-15-9-19-13;/h1,3-4,7-9,12,16H,2,5-6H2,(H,17,18);1H. The average Bonchev–Trinajstić information content (AvgIpc) is 3.13. The number of amides is 1. The van der Waals surface area contributed by atoms with Gasteiger partial charge < -0.3 is 15.1 Å². The molecule has 1 aromatic heterocycles. The van der Waals surface area contributed by atoms with E-state index in [-0.39, 0.29) is 24.4 Å². The van der Waals surface area contributed by atoms with Crippen molar-refractivity contribution in [1.29, 1.82) is 0 Å². The van der Waals surface area contributed by atoms with Gasteiger partial charge in [0.1, 0.15) is 0 Å². The maximum atomic E-state index is 12.0. The van der Waals surface area contributed by atoms with Crippen LogP contribution in [0.25, 0.3) is 11.3 Å². The van der Waals surface area contributed by atoms with Gasteiger partial charge in [-0.2, -0.15) is 0 Å². The third kappa shape index (κ3) is 3.18. The predicted molar refractivity (Wildman–Crippen MR) is 78.8 cm³/mol. The first-order valence-corrected chi connectivity index (χ1v) is 6.36. The zero-order valence-corrected chi connectivity index (χ0v) is 11.7. The van der Waals surface area contributed by atoms with Gasteiger partial charge in [-0.3, -0.25) is 4.79 Å². The lowest BCUT2D eigenvalue weighted by Gasteiger charge is -2.11. The molecular formula is C14H16ClN3O2. The minimum Gasteiger partial charge on any atom is -0.444 e. The Morgan fingerprint density at radius 1 is 1.45 bits per heavy atom. The SMILES string of the molecule is Cl.O=C(Nc1cccc(-c2cnco2)c1)C1CCCN1. The average molecular weight is 294 g/mol. The summed E-state index contributed by atoms with van der Waals surface area (Å²) in [6.45, 7) is 0.913. The smallest absolute Gasteiger partial charge is 0.241 e. The fourth-order valence-electron chi connectivity index (χ4n) is 2.25. The molecule has 2 N–H and O–H groups in total. The zero-order chi connectivity index (χ0) is 13.1. The normalized spacial score (nSPS) is 17.5. The molecule has 2 aromatic rings. The van der Waals surface area contributed by atoms with Crippen LogP contribution < -0.4 is 10.6 Å². The quantitative estimate of drug-likeness (QED) is 0.912. The summed E-state index contributed by atoms with van der Waals surface area (Å²) in [5.41, 5.74) is 1.67. The third-order valence-electron chi connectivity index (χ3n) is 3.22. The number of halogens is 1. The second-order valence-corrected chi connectivity index (χ2v) is 4.58. The van der Waals surface area contributed by atoms with E-state index in [1.54, 1.807) is 6.20 Å². The highest BCUT2D eigenvalue weighted by Crippen LogP contribution is 2.22. The Morgan fingerprint density at radius 3 is 3.05 bits per heavy atom. The summed E-state index contributed by atoms with van der Waals surface area (Å²) in [4.78, 5) is 15.9. The van der Waals surface area contributed by atoms with Gasteiger partial charge in [0.15, 0.2) is 12.2 Å². The Balaban J connectivity index is 0.00000147. The summed E-state index contributed by atoms with van der Waals surface area (Å²) in [7, 11) is 0. The van der Waals surface area contributed by atoms with E-state index in [1.807, 2.05) is 24.3 Å². The van der Waals surface area contributed by atoms with Crippen LogP contribution in [0.15, 0.2) is 41.3 Å². The molecular weight excluding hydrogens is 278 g/mol. The third-order valence-corrected chi connectivity index (χ3v) is 3.22. The number of hydrogen-bond donors (Lipinski definition) is 2. The number of carbonyl (C=O) groups excluding carboxylic acids is 1. The van der Waals surface area contributed by atoms with E-state index in [1.165, 1.54) is 6.39 Å². The van der Waals surface area contributed by atoms with Crippen molar-refractivity contribution in [1.82, 2.24) is 10.3 Å². The van der Waals surface area contributed by atoms with E-state index in [4.69, 9.17) is 4.42 Å². The van der Waals surface area contributed by atoms with Gasteiger partial charge in [0.25, 0.3) is 0 Å². The van der Waals surface area contributed by atoms with Crippen LogP contribution in [-0.4, -0.2) is 23.5 Å². The molecule has 1 fully saturated rings. The summed E-state index contributed by atoms with van der Waals surface area (Å²) in [6.07, 6.45) is 4.99. The van der Waals surface area contributed by atoms with Gasteiger partial charge in [0, 0.05) is 11.3 Å². The van der Waals surface area contributed by atoms with Gasteiger partial charge in [0.2, 0.25) is 5.91 Å². The van der Waals surface area contributed by atoms with Crippen LogP contribution in [0.4, 0.5) is 5.69 Å². The van der Waals surface area contributed by atoms with Gasteiger partial charge in [-0.25, -0.2) is 4.98 Å². The fourth-order valence-corrected chi connectivity index (χ4v) is 2.25. The Hall–Kier alpha value is -1.85. The van der Waals surface area contributed by atoms with Gasteiger partial charge in [-0.15, -0.1) is 12.4 Å². The van der Waals surface area contributed by atoms with Crippen molar-refractivity contribution < 1.29 is 9.21 Å². The van der Waals surface area contributed by atoms with Crippen molar-refractivity contribution in [3.63, 3.8) is 0 Å². The number of nitrogens with one attached hydrogen (secondary N) is 2. The largest absolute Gasteiger partial charge is 0.444 e. The van der Waals surface area contributed by atoms with Gasteiger partial charge in [-0.1, -0.05) is 12.1 Å². The molecule has 1 atom stereocenters. The monoisotopic (exact) mass is 293 g/mol. The van der Waals surface area contributed by atoms with Gasteiger partial charge >= 0.3 is 0 Å². The molecule has 1 unspecified atom stereocenters. The highest BCUT2D eigenvalue weighted by atomic mass is 35.5. The van der Waals surface area contributed by atoms with E-state index < -0.39 is 0 Å². The molecule has 1 aliphatic rings. The molecule has 6 heteroatoms. The second-order valence-electron chi connectivity index (χ2n) is 4.58. The number of nitrogens with zero attached hydrogens (tertiary/aromatic N) is 1. The molecule has 1 aliphatic heterocycles. The maximum absolute atomic E-state index is 12.0. The van der Waals surface area contributed by atoms with Crippen molar-refractivity contribution >= 4 is 24.0 Å². The highest BCUT2D eigenvalue weighted by molar-refractivity contribution is 5.95. The second kappa shape index (κ2) is 6.54. The number of aromatic nitrogens is 1. The van der Waals surface area contributed by atoms with E-state index in [0.717, 1.165) is 30.6 Å². The van der Waals surface area contributed by atoms with Crippen molar-refractivity contribution in [3.05, 3.63) is 36.9 Å². The minimum absolute atomic E-state index is 0. The Bertz CT molecular complexity index is 566. The Labute approximate surface area is 123 Å². The molecule has 0 saturated carbocycles. The minimum atomic E-state index is -0.0751. The molecule has 1 aromatic carbocycles. The summed E-state index contributed by atoms with van der Waals surface area (Å²) < 4.78 is 5.24. The van der Waals surface area contributed by atoms with E-state index in [0.29, 0.717) is 5.76 Å². The first-order valence-electron chi connectivity index (χ1n) is 6.36. The van der Waals surface area contributed by atoms with Crippen LogP contribution >= 0.6 is 12.4 Å². The Kier molecular flexibility index (Phi) is 4.76. The predicted octanol–water partition coefficient (Wildman–Crippen LogP) is 2.45. The summed E-state index contributed by atoms with van der Waals surface area (Å²) >= 11 is 0. The molecule has 0 bridgehead atoms. The van der Waals surface area contributed by atoms with E-state index >= 15 is 0 Å². The summed E-state index contributed by atoms with van der Waals surface area (Å²) in [5.74, 6) is 0.710. The molecule has 1 amide bonds. The maximum Gasteiger partial charge on any atom is 0.241 e. The van der Waals surface area contributed by atoms with Crippen molar-refractivity contribution in [2.24, 2.45) is 0 Å². The van der Waals surface area contributed by atoms with Crippen LogP contribution in [0, 0.1) is 0 Å². The number of oxazole rings is 1. The van der Waals surface area contributed by atoms with E-state index in [9.17, 15) is 4.79 Å². The van der Waals surface area contributed by atoms with Gasteiger partial charge in [0.05, 0.1) is 12.2 Å². The number of anilines is 1. The van der Waals surface area contributed by atoms with Crippen molar-refractivity contribution in [2.75, 3.05) is 11.9 Å². The number of carbonyl (C=O) groups is 1. The van der Waals surface area contributed by atoms with Crippen LogP contribution in [0.3, 0.4) is 0 Å². The van der Waals surface area contributed by atoms with Crippen LogP contribution in [0.1, 0.15) is 12.8 Å². The zero-order valence-electron chi connectivity index (χ0n) is 10.8. The first kappa shape index (κ1) is 14.6. The number of benzene rings is 1. The molecule has 0 aliphatic carbocycles. The highest BCUT2D eigenvalue weighted by Gasteiger charge is 2.21. The van der Waals surface area contributed by atoms with Gasteiger partial charge in [-0.05, 0) is 31.5 Å². The lowest BCUT2D eigenvalue weighted by atomic mass is 10.1. The van der Waals surface area contributed by atoms with Crippen LogP contribution in [0.2, 0.25) is 0 Å². The molecule has 0 spiro atoms. The van der Waals surface area contributed by atoms with Crippen LogP contribution in [0.5, 0.6) is 0 Å². The van der Waals surface area contributed by atoms with Crippen LogP contribution in [-0.2, 0) is 4.79 Å². The molecule has 3 rings (SSSR count).